The number of aliphatic hydroxyl groups is 1. The normalized spacial score (nSPS) is 17.9. The van der Waals surface area contributed by atoms with Crippen LogP contribution in [0.3, 0.4) is 0 Å². The maximum atomic E-state index is 9.55. The Morgan fingerprint density at radius 2 is 2.15 bits per heavy atom. The van der Waals surface area contributed by atoms with E-state index in [1.807, 2.05) is 6.07 Å². The van der Waals surface area contributed by atoms with Gasteiger partial charge in [-0.25, -0.2) is 9.97 Å². The number of halogens is 1. The molecule has 0 aliphatic carbocycles. The Bertz CT molecular complexity index is 632. The van der Waals surface area contributed by atoms with Crippen LogP contribution in [0.15, 0.2) is 30.6 Å². The largest absolute Gasteiger partial charge is 0.391 e. The van der Waals surface area contributed by atoms with Crippen LogP contribution >= 0.6 is 11.6 Å². The summed E-state index contributed by atoms with van der Waals surface area (Å²) in [5.74, 6) is 1.22. The lowest BCUT2D eigenvalue weighted by molar-refractivity contribution is 0.281. The zero-order chi connectivity index (χ0) is 14.1. The molecule has 0 saturated carbocycles. The maximum absolute atomic E-state index is 9.55. The molecule has 1 aromatic heterocycles. The molecular formula is C15H16ClN3O. The van der Waals surface area contributed by atoms with E-state index >= 15 is 0 Å². The van der Waals surface area contributed by atoms with Crippen LogP contribution in [0.25, 0.3) is 0 Å². The molecule has 1 N–H and O–H groups in total. The van der Waals surface area contributed by atoms with Crippen molar-refractivity contribution in [3.8, 4) is 0 Å². The monoisotopic (exact) mass is 289 g/mol. The highest BCUT2D eigenvalue weighted by Gasteiger charge is 2.25. The number of hydrogen-bond acceptors (Lipinski definition) is 4. The Labute approximate surface area is 123 Å². The number of benzene rings is 1. The van der Waals surface area contributed by atoms with E-state index < -0.39 is 0 Å². The van der Waals surface area contributed by atoms with Crippen LogP contribution in [0.1, 0.15) is 18.1 Å². The van der Waals surface area contributed by atoms with Gasteiger partial charge in [-0.15, -0.1) is 0 Å². The van der Waals surface area contributed by atoms with Gasteiger partial charge in [0.15, 0.2) is 0 Å². The van der Waals surface area contributed by atoms with Crippen LogP contribution in [-0.2, 0) is 13.0 Å². The summed E-state index contributed by atoms with van der Waals surface area (Å²) >= 11 is 6.07. The molecule has 0 radical (unpaired) electrons. The van der Waals surface area contributed by atoms with E-state index in [-0.39, 0.29) is 6.61 Å². The van der Waals surface area contributed by atoms with Gasteiger partial charge in [-0.2, -0.15) is 0 Å². The van der Waals surface area contributed by atoms with Crippen molar-refractivity contribution < 1.29 is 5.11 Å². The summed E-state index contributed by atoms with van der Waals surface area (Å²) in [5, 5.41) is 9.87. The zero-order valence-corrected chi connectivity index (χ0v) is 12.0. The first-order valence-electron chi connectivity index (χ1n) is 6.66. The number of anilines is 2. The van der Waals surface area contributed by atoms with Gasteiger partial charge >= 0.3 is 0 Å². The Morgan fingerprint density at radius 3 is 2.95 bits per heavy atom. The van der Waals surface area contributed by atoms with Crippen LogP contribution < -0.4 is 4.90 Å². The van der Waals surface area contributed by atoms with Crippen LogP contribution in [0.2, 0.25) is 5.15 Å². The molecule has 20 heavy (non-hydrogen) atoms. The van der Waals surface area contributed by atoms with E-state index in [4.69, 9.17) is 11.6 Å². The molecule has 1 aromatic carbocycles. The summed E-state index contributed by atoms with van der Waals surface area (Å²) in [7, 11) is 0. The van der Waals surface area contributed by atoms with Crippen molar-refractivity contribution in [3.05, 3.63) is 46.9 Å². The van der Waals surface area contributed by atoms with Gasteiger partial charge < -0.3 is 10.0 Å². The Hall–Kier alpha value is -1.65. The molecule has 3 rings (SSSR count). The van der Waals surface area contributed by atoms with Gasteiger partial charge in [0.25, 0.3) is 0 Å². The predicted octanol–water partition coefficient (Wildman–Crippen LogP) is 2.95. The van der Waals surface area contributed by atoms with Crippen molar-refractivity contribution in [2.24, 2.45) is 5.92 Å². The van der Waals surface area contributed by atoms with E-state index in [1.165, 1.54) is 11.9 Å². The Kier molecular flexibility index (Phi) is 3.59. The molecule has 0 bridgehead atoms. The number of aliphatic hydroxyl groups excluding tert-OH is 1. The number of hydrogen-bond donors (Lipinski definition) is 1. The molecule has 0 spiro atoms. The molecule has 1 aliphatic rings. The molecule has 0 amide bonds. The van der Waals surface area contributed by atoms with Crippen LogP contribution in [0.4, 0.5) is 11.5 Å². The predicted molar refractivity (Wildman–Crippen MR) is 79.3 cm³/mol. The quantitative estimate of drug-likeness (QED) is 0.864. The average Bonchev–Trinajstić information content (AvgIpc) is 2.46. The zero-order valence-electron chi connectivity index (χ0n) is 11.3. The topological polar surface area (TPSA) is 49.2 Å². The number of rotatable bonds is 2. The number of aromatic nitrogens is 2. The minimum absolute atomic E-state index is 0.165. The van der Waals surface area contributed by atoms with Gasteiger partial charge in [-0.1, -0.05) is 36.7 Å². The average molecular weight is 290 g/mol. The standard InChI is InChI=1S/C15H16ClN3O/c1-10-6-11-4-2-3-5-13(11)19(7-10)15-12(8-20)14(16)17-9-18-15/h2-5,9-10,20H,6-8H2,1H3. The summed E-state index contributed by atoms with van der Waals surface area (Å²) in [6.07, 6.45) is 2.50. The first kappa shape index (κ1) is 13.3. The fourth-order valence-electron chi connectivity index (χ4n) is 2.75. The lowest BCUT2D eigenvalue weighted by Crippen LogP contribution is -2.31. The van der Waals surface area contributed by atoms with Crippen molar-refractivity contribution in [3.63, 3.8) is 0 Å². The van der Waals surface area contributed by atoms with Gasteiger partial charge in [-0.05, 0) is 24.0 Å². The molecule has 2 heterocycles. The minimum Gasteiger partial charge on any atom is -0.391 e. The first-order valence-corrected chi connectivity index (χ1v) is 7.04. The second-order valence-corrected chi connectivity index (χ2v) is 5.53. The van der Waals surface area contributed by atoms with Crippen LogP contribution in [-0.4, -0.2) is 21.6 Å². The Morgan fingerprint density at radius 1 is 1.35 bits per heavy atom. The highest BCUT2D eigenvalue weighted by molar-refractivity contribution is 6.30. The molecule has 0 saturated heterocycles. The molecule has 1 unspecified atom stereocenters. The highest BCUT2D eigenvalue weighted by atomic mass is 35.5. The number of nitrogens with zero attached hydrogens (tertiary/aromatic N) is 3. The summed E-state index contributed by atoms with van der Waals surface area (Å²) < 4.78 is 0. The summed E-state index contributed by atoms with van der Waals surface area (Å²) in [6, 6.07) is 8.29. The van der Waals surface area contributed by atoms with Crippen molar-refractivity contribution in [2.75, 3.05) is 11.4 Å². The lowest BCUT2D eigenvalue weighted by atomic mass is 9.93. The number of fused-ring (bicyclic) bond motifs is 1. The summed E-state index contributed by atoms with van der Waals surface area (Å²) in [6.45, 7) is 2.91. The van der Waals surface area contributed by atoms with Crippen molar-refractivity contribution in [2.45, 2.75) is 20.0 Å². The summed E-state index contributed by atoms with van der Waals surface area (Å²) in [4.78, 5) is 10.4. The highest BCUT2D eigenvalue weighted by Crippen LogP contribution is 2.36. The molecular weight excluding hydrogens is 274 g/mol. The Balaban J connectivity index is 2.13. The van der Waals surface area contributed by atoms with E-state index in [9.17, 15) is 5.11 Å². The van der Waals surface area contributed by atoms with Crippen LogP contribution in [0.5, 0.6) is 0 Å². The van der Waals surface area contributed by atoms with Crippen LogP contribution in [0, 0.1) is 5.92 Å². The molecule has 0 fully saturated rings. The first-order chi connectivity index (χ1) is 9.70. The van der Waals surface area contributed by atoms with E-state index in [0.29, 0.717) is 22.5 Å². The fourth-order valence-corrected chi connectivity index (χ4v) is 2.94. The second-order valence-electron chi connectivity index (χ2n) is 5.17. The van der Waals surface area contributed by atoms with E-state index in [2.05, 4.69) is 40.0 Å². The van der Waals surface area contributed by atoms with Gasteiger partial charge in [-0.3, -0.25) is 0 Å². The molecule has 1 aliphatic heterocycles. The third-order valence-electron chi connectivity index (χ3n) is 3.63. The van der Waals surface area contributed by atoms with E-state index in [1.54, 1.807) is 0 Å². The van der Waals surface area contributed by atoms with Gasteiger partial charge in [0.1, 0.15) is 17.3 Å². The van der Waals surface area contributed by atoms with Crippen molar-refractivity contribution in [1.82, 2.24) is 9.97 Å². The summed E-state index contributed by atoms with van der Waals surface area (Å²) in [5.41, 5.74) is 3.01. The smallest absolute Gasteiger partial charge is 0.143 e. The fraction of sp³-hybridized carbons (Fsp3) is 0.333. The number of para-hydroxylation sites is 1. The third kappa shape index (κ3) is 2.25. The van der Waals surface area contributed by atoms with Crippen molar-refractivity contribution in [1.29, 1.82) is 0 Å². The van der Waals surface area contributed by atoms with Crippen molar-refractivity contribution >= 4 is 23.1 Å². The SMILES string of the molecule is CC1Cc2ccccc2N(c2ncnc(Cl)c2CO)C1. The van der Waals surface area contributed by atoms with Gasteiger partial charge in [0.05, 0.1) is 12.2 Å². The second kappa shape index (κ2) is 5.38. The maximum Gasteiger partial charge on any atom is 0.143 e. The molecule has 104 valence electrons. The van der Waals surface area contributed by atoms with Gasteiger partial charge in [0, 0.05) is 12.2 Å². The molecule has 4 nitrogen and oxygen atoms in total. The lowest BCUT2D eigenvalue weighted by Gasteiger charge is -2.34. The minimum atomic E-state index is -0.165. The van der Waals surface area contributed by atoms with Gasteiger partial charge in [0.2, 0.25) is 0 Å². The molecule has 5 heteroatoms. The third-order valence-corrected chi connectivity index (χ3v) is 3.95. The molecule has 1 atom stereocenters. The molecule has 2 aromatic rings. The van der Waals surface area contributed by atoms with E-state index in [0.717, 1.165) is 18.7 Å².